The van der Waals surface area contributed by atoms with E-state index in [1.165, 1.54) is 0 Å². The minimum atomic E-state index is -0.381. The van der Waals surface area contributed by atoms with Crippen LogP contribution >= 0.6 is 58.0 Å². The molecule has 0 rings (SSSR count). The minimum absolute atomic E-state index is 0.154. The van der Waals surface area contributed by atoms with E-state index >= 15 is 0 Å². The van der Waals surface area contributed by atoms with E-state index in [0.29, 0.717) is 0 Å². The predicted molar refractivity (Wildman–Crippen MR) is 59.6 cm³/mol. The molecule has 0 spiro atoms. The van der Waals surface area contributed by atoms with Crippen LogP contribution in [0.25, 0.3) is 0 Å². The topological polar surface area (TPSA) is 0 Å². The highest BCUT2D eigenvalue weighted by Gasteiger charge is 2.28. The third-order valence-corrected chi connectivity index (χ3v) is 4.57. The highest BCUT2D eigenvalue weighted by Crippen LogP contribution is 2.26. The van der Waals surface area contributed by atoms with Crippen molar-refractivity contribution in [1.82, 2.24) is 0 Å². The lowest BCUT2D eigenvalue weighted by Crippen LogP contribution is -2.32. The van der Waals surface area contributed by atoms with Crippen LogP contribution in [0.3, 0.4) is 0 Å². The highest BCUT2D eigenvalue weighted by atomic mass is 35.5. The summed E-state index contributed by atoms with van der Waals surface area (Å²) < 4.78 is 0. The van der Waals surface area contributed by atoms with Gasteiger partial charge in [0.05, 0.1) is 21.5 Å². The van der Waals surface area contributed by atoms with Gasteiger partial charge in [0.2, 0.25) is 0 Å². The Morgan fingerprint density at radius 2 is 1.33 bits per heavy atom. The first kappa shape index (κ1) is 13.4. The van der Waals surface area contributed by atoms with Gasteiger partial charge in [-0.2, -0.15) is 0 Å². The second-order valence-electron chi connectivity index (χ2n) is 2.48. The van der Waals surface area contributed by atoms with Gasteiger partial charge in [-0.3, -0.25) is 0 Å². The molecular formula is C7H11Cl5. The maximum Gasteiger partial charge on any atom is 0.0689 e. The van der Waals surface area contributed by atoms with E-state index in [4.69, 9.17) is 58.0 Å². The zero-order valence-electron chi connectivity index (χ0n) is 6.61. The Hall–Kier alpha value is 1.45. The number of alkyl halides is 5. The van der Waals surface area contributed by atoms with Crippen LogP contribution in [0.5, 0.6) is 0 Å². The number of rotatable bonds is 5. The van der Waals surface area contributed by atoms with E-state index in [2.05, 4.69) is 0 Å². The number of hydrogen-bond acceptors (Lipinski definition) is 0. The average Bonchev–Trinajstić information content (AvgIpc) is 2.12. The lowest BCUT2D eigenvalue weighted by molar-refractivity contribution is 0.686. The molecule has 4 atom stereocenters. The van der Waals surface area contributed by atoms with Gasteiger partial charge in [-0.1, -0.05) is 6.92 Å². The van der Waals surface area contributed by atoms with Crippen molar-refractivity contribution in [2.24, 2.45) is 0 Å². The maximum absolute atomic E-state index is 5.95. The maximum atomic E-state index is 5.95. The molecule has 0 aliphatic rings. The molecule has 0 N–H and O–H groups in total. The molecule has 0 saturated carbocycles. The monoisotopic (exact) mass is 270 g/mol. The molecule has 0 aromatic rings. The molecule has 0 nitrogen and oxygen atoms in total. The summed E-state index contributed by atoms with van der Waals surface area (Å²) in [5, 5.41) is -1.20. The van der Waals surface area contributed by atoms with Crippen molar-refractivity contribution in [3.63, 3.8) is 0 Å². The minimum Gasteiger partial charge on any atom is -0.125 e. The lowest BCUT2D eigenvalue weighted by Gasteiger charge is -2.22. The summed E-state index contributed by atoms with van der Waals surface area (Å²) in [6.45, 7) is 1.95. The van der Waals surface area contributed by atoms with Crippen LogP contribution in [-0.2, 0) is 0 Å². The van der Waals surface area contributed by atoms with E-state index in [1.54, 1.807) is 0 Å². The van der Waals surface area contributed by atoms with E-state index < -0.39 is 0 Å². The van der Waals surface area contributed by atoms with Crippen molar-refractivity contribution in [2.45, 2.75) is 34.9 Å². The SMILES string of the molecule is CCC(Cl)C(Cl)C(Cl)C(Cl)CCl. The highest BCUT2D eigenvalue weighted by molar-refractivity contribution is 6.39. The fourth-order valence-corrected chi connectivity index (χ4v) is 2.07. The molecule has 0 aromatic heterocycles. The Bertz CT molecular complexity index is 104. The molecule has 0 heterocycles. The Morgan fingerprint density at radius 3 is 1.67 bits per heavy atom. The third kappa shape index (κ3) is 4.11. The van der Waals surface area contributed by atoms with Gasteiger partial charge in [-0.25, -0.2) is 0 Å². The summed E-state index contributed by atoms with van der Waals surface area (Å²) in [4.78, 5) is 0. The Morgan fingerprint density at radius 1 is 0.917 bits per heavy atom. The Kier molecular flexibility index (Phi) is 7.66. The molecule has 0 aliphatic heterocycles. The van der Waals surface area contributed by atoms with Gasteiger partial charge in [0.25, 0.3) is 0 Å². The Labute approximate surface area is 98.4 Å². The van der Waals surface area contributed by atoms with Crippen LogP contribution in [0.1, 0.15) is 13.3 Å². The lowest BCUT2D eigenvalue weighted by atomic mass is 10.1. The van der Waals surface area contributed by atoms with E-state index in [9.17, 15) is 0 Å². The Balaban J connectivity index is 3.99. The van der Waals surface area contributed by atoms with E-state index in [0.717, 1.165) is 6.42 Å². The summed E-state index contributed by atoms with van der Waals surface area (Å²) in [7, 11) is 0. The van der Waals surface area contributed by atoms with Crippen molar-refractivity contribution in [2.75, 3.05) is 5.88 Å². The molecule has 0 aliphatic carbocycles. The molecule has 0 fully saturated rings. The van der Waals surface area contributed by atoms with Crippen molar-refractivity contribution >= 4 is 58.0 Å². The zero-order valence-corrected chi connectivity index (χ0v) is 10.4. The predicted octanol–water partition coefficient (Wildman–Crippen LogP) is 4.06. The summed E-state index contributed by atoms with van der Waals surface area (Å²) in [6.07, 6.45) is 0.769. The van der Waals surface area contributed by atoms with Gasteiger partial charge in [-0.05, 0) is 6.42 Å². The van der Waals surface area contributed by atoms with Gasteiger partial charge in [-0.15, -0.1) is 58.0 Å². The van der Waals surface area contributed by atoms with Crippen LogP contribution in [-0.4, -0.2) is 27.4 Å². The quantitative estimate of drug-likeness (QED) is 0.662. The number of halogens is 5. The summed E-state index contributed by atoms with van der Waals surface area (Å²) >= 11 is 29.1. The number of hydrogen-bond donors (Lipinski definition) is 0. The van der Waals surface area contributed by atoms with Crippen molar-refractivity contribution in [1.29, 1.82) is 0 Å². The molecule has 5 heteroatoms. The van der Waals surface area contributed by atoms with Crippen LogP contribution in [0.2, 0.25) is 0 Å². The van der Waals surface area contributed by atoms with Gasteiger partial charge in [0.1, 0.15) is 0 Å². The zero-order chi connectivity index (χ0) is 9.72. The first-order chi connectivity index (χ1) is 5.54. The molecule has 0 radical (unpaired) electrons. The van der Waals surface area contributed by atoms with Gasteiger partial charge in [0, 0.05) is 5.88 Å². The second kappa shape index (κ2) is 6.84. The molecule has 0 bridgehead atoms. The standard InChI is InChI=1S/C7H11Cl5/c1-2-4(9)6(11)7(12)5(10)3-8/h4-7H,2-3H2,1H3. The van der Waals surface area contributed by atoms with Gasteiger partial charge in [0.15, 0.2) is 0 Å². The summed E-state index contributed by atoms with van der Waals surface area (Å²) in [5.74, 6) is 0.284. The average molecular weight is 272 g/mol. The fourth-order valence-electron chi connectivity index (χ4n) is 0.709. The van der Waals surface area contributed by atoms with Crippen molar-refractivity contribution in [3.05, 3.63) is 0 Å². The first-order valence-electron chi connectivity index (χ1n) is 3.66. The van der Waals surface area contributed by atoms with E-state index in [1.807, 2.05) is 6.92 Å². The van der Waals surface area contributed by atoms with Crippen LogP contribution < -0.4 is 0 Å². The normalized spacial score (nSPS) is 21.5. The molecular weight excluding hydrogens is 261 g/mol. The van der Waals surface area contributed by atoms with Crippen LogP contribution in [0, 0.1) is 0 Å². The second-order valence-corrected chi connectivity index (χ2v) is 4.92. The molecule has 74 valence electrons. The van der Waals surface area contributed by atoms with Crippen molar-refractivity contribution in [3.8, 4) is 0 Å². The molecule has 12 heavy (non-hydrogen) atoms. The van der Waals surface area contributed by atoms with Crippen molar-refractivity contribution < 1.29 is 0 Å². The smallest absolute Gasteiger partial charge is 0.0689 e. The molecule has 0 aromatic carbocycles. The molecule has 4 unspecified atom stereocenters. The van der Waals surface area contributed by atoms with Gasteiger partial charge >= 0.3 is 0 Å². The fraction of sp³-hybridized carbons (Fsp3) is 1.00. The summed E-state index contributed by atoms with van der Waals surface area (Å²) in [5.41, 5.74) is 0. The first-order valence-corrected chi connectivity index (χ1v) is 5.94. The van der Waals surface area contributed by atoms with Crippen LogP contribution in [0.15, 0.2) is 0 Å². The molecule has 0 saturated heterocycles. The van der Waals surface area contributed by atoms with Gasteiger partial charge < -0.3 is 0 Å². The largest absolute Gasteiger partial charge is 0.125 e. The van der Waals surface area contributed by atoms with E-state index in [-0.39, 0.29) is 27.4 Å². The summed E-state index contributed by atoms with van der Waals surface area (Å²) in [6, 6.07) is 0. The van der Waals surface area contributed by atoms with Crippen LogP contribution in [0.4, 0.5) is 0 Å². The molecule has 0 amide bonds. The third-order valence-electron chi connectivity index (χ3n) is 1.53.